The van der Waals surface area contributed by atoms with Gasteiger partial charge < -0.3 is 14.9 Å². The molecule has 0 saturated carbocycles. The van der Waals surface area contributed by atoms with Gasteiger partial charge in [0.15, 0.2) is 11.6 Å². The van der Waals surface area contributed by atoms with Crippen LogP contribution in [0, 0.1) is 15.9 Å². The Balaban J connectivity index is 2.39. The molecule has 94 valence electrons. The van der Waals surface area contributed by atoms with Crippen LogP contribution in [-0.2, 0) is 7.05 Å². The fourth-order valence-electron chi connectivity index (χ4n) is 1.31. The van der Waals surface area contributed by atoms with Gasteiger partial charge in [-0.2, -0.15) is 0 Å². The molecule has 0 spiro atoms. The van der Waals surface area contributed by atoms with E-state index in [0.717, 1.165) is 0 Å². The Labute approximate surface area is 109 Å². The van der Waals surface area contributed by atoms with E-state index >= 15 is 0 Å². The number of imidazole rings is 1. The number of aryl methyl sites for hydroxylation is 1. The van der Waals surface area contributed by atoms with E-state index < -0.39 is 16.6 Å². The van der Waals surface area contributed by atoms with E-state index in [4.69, 9.17) is 4.74 Å². The van der Waals surface area contributed by atoms with Crippen molar-refractivity contribution in [2.75, 3.05) is 0 Å². The van der Waals surface area contributed by atoms with Crippen molar-refractivity contribution in [2.24, 2.45) is 7.05 Å². The number of nitro groups is 1. The topological polar surface area (TPSA) is 70.2 Å². The molecule has 0 radical (unpaired) electrons. The van der Waals surface area contributed by atoms with Crippen LogP contribution in [0.15, 0.2) is 29.0 Å². The quantitative estimate of drug-likeness (QED) is 0.644. The molecule has 1 aromatic carbocycles. The van der Waals surface area contributed by atoms with E-state index in [1.165, 1.54) is 30.1 Å². The highest BCUT2D eigenvalue weighted by Crippen LogP contribution is 2.31. The largest absolute Gasteiger partial charge is 0.431 e. The van der Waals surface area contributed by atoms with Gasteiger partial charge in [-0.05, 0) is 28.1 Å². The van der Waals surface area contributed by atoms with Crippen LogP contribution in [0.4, 0.5) is 10.2 Å². The van der Waals surface area contributed by atoms with Gasteiger partial charge in [0, 0.05) is 11.5 Å². The molecule has 8 heteroatoms. The molecule has 2 aromatic rings. The van der Waals surface area contributed by atoms with Crippen molar-refractivity contribution in [2.45, 2.75) is 0 Å². The first kappa shape index (κ1) is 12.5. The van der Waals surface area contributed by atoms with Crippen molar-refractivity contribution in [1.29, 1.82) is 0 Å². The van der Waals surface area contributed by atoms with Crippen LogP contribution in [0.5, 0.6) is 11.6 Å². The highest BCUT2D eigenvalue weighted by Gasteiger charge is 2.23. The van der Waals surface area contributed by atoms with Crippen molar-refractivity contribution >= 4 is 21.7 Å². The van der Waals surface area contributed by atoms with Gasteiger partial charge in [0.2, 0.25) is 6.33 Å². The normalized spacial score (nSPS) is 10.4. The number of benzene rings is 1. The summed E-state index contributed by atoms with van der Waals surface area (Å²) < 4.78 is 20.6. The van der Waals surface area contributed by atoms with Crippen LogP contribution in [0.25, 0.3) is 0 Å². The Morgan fingerprint density at radius 1 is 1.56 bits per heavy atom. The fourth-order valence-corrected chi connectivity index (χ4v) is 1.64. The van der Waals surface area contributed by atoms with Crippen LogP contribution >= 0.6 is 15.9 Å². The summed E-state index contributed by atoms with van der Waals surface area (Å²) in [6, 6.07) is 4.15. The molecule has 0 unspecified atom stereocenters. The van der Waals surface area contributed by atoms with Crippen LogP contribution in [0.3, 0.4) is 0 Å². The molecule has 0 aliphatic rings. The number of hydrogen-bond donors (Lipinski definition) is 0. The average Bonchev–Trinajstić information content (AvgIpc) is 2.64. The van der Waals surface area contributed by atoms with E-state index in [9.17, 15) is 14.5 Å². The summed E-state index contributed by atoms with van der Waals surface area (Å²) in [5.41, 5.74) is 0. The predicted molar refractivity (Wildman–Crippen MR) is 64.0 cm³/mol. The second-order valence-corrected chi connectivity index (χ2v) is 4.33. The zero-order chi connectivity index (χ0) is 13.3. The van der Waals surface area contributed by atoms with Crippen LogP contribution in [0.2, 0.25) is 0 Å². The average molecular weight is 316 g/mol. The summed E-state index contributed by atoms with van der Waals surface area (Å²) >= 11 is 3.11. The molecule has 0 atom stereocenters. The van der Waals surface area contributed by atoms with Gasteiger partial charge in [0.1, 0.15) is 0 Å². The smallest absolute Gasteiger partial charge is 0.427 e. The van der Waals surface area contributed by atoms with Crippen molar-refractivity contribution in [3.63, 3.8) is 0 Å². The van der Waals surface area contributed by atoms with Crippen molar-refractivity contribution in [3.8, 4) is 11.6 Å². The van der Waals surface area contributed by atoms with E-state index in [-0.39, 0.29) is 11.6 Å². The van der Waals surface area contributed by atoms with Crippen LogP contribution in [-0.4, -0.2) is 14.5 Å². The summed E-state index contributed by atoms with van der Waals surface area (Å²) in [6.07, 6.45) is 1.23. The molecule has 0 aliphatic heterocycles. The third kappa shape index (κ3) is 2.33. The monoisotopic (exact) mass is 315 g/mol. The summed E-state index contributed by atoms with van der Waals surface area (Å²) in [4.78, 5) is 13.6. The second-order valence-electron chi connectivity index (χ2n) is 3.42. The molecule has 0 N–H and O–H groups in total. The maximum atomic E-state index is 13.6. The van der Waals surface area contributed by atoms with E-state index in [2.05, 4.69) is 20.9 Å². The first-order chi connectivity index (χ1) is 8.49. The van der Waals surface area contributed by atoms with Crippen molar-refractivity contribution in [1.82, 2.24) is 9.55 Å². The van der Waals surface area contributed by atoms with E-state index in [1.54, 1.807) is 6.07 Å². The minimum atomic E-state index is -0.688. The summed E-state index contributed by atoms with van der Waals surface area (Å²) in [5.74, 6) is -1.31. The number of ether oxygens (including phenoxy) is 1. The van der Waals surface area contributed by atoms with Crippen LogP contribution in [0.1, 0.15) is 0 Å². The van der Waals surface area contributed by atoms with Gasteiger partial charge in [-0.1, -0.05) is 15.9 Å². The van der Waals surface area contributed by atoms with Crippen molar-refractivity contribution in [3.05, 3.63) is 44.9 Å². The van der Waals surface area contributed by atoms with Gasteiger partial charge >= 0.3 is 11.7 Å². The number of nitrogens with zero attached hydrogens (tertiary/aromatic N) is 3. The maximum absolute atomic E-state index is 13.6. The number of aromatic nitrogens is 2. The lowest BCUT2D eigenvalue weighted by Crippen LogP contribution is -1.97. The Kier molecular flexibility index (Phi) is 3.28. The molecule has 18 heavy (non-hydrogen) atoms. The van der Waals surface area contributed by atoms with Crippen LogP contribution < -0.4 is 4.74 Å². The van der Waals surface area contributed by atoms with Gasteiger partial charge in [0.25, 0.3) is 0 Å². The molecule has 0 aliphatic carbocycles. The lowest BCUT2D eigenvalue weighted by Gasteiger charge is -2.06. The number of hydrogen-bond acceptors (Lipinski definition) is 4. The number of rotatable bonds is 3. The number of halogens is 2. The second kappa shape index (κ2) is 4.73. The molecule has 0 saturated heterocycles. The van der Waals surface area contributed by atoms with Gasteiger partial charge in [-0.25, -0.2) is 4.39 Å². The minimum absolute atomic E-state index is 0.107. The molecule has 0 fully saturated rings. The molecule has 0 amide bonds. The van der Waals surface area contributed by atoms with Gasteiger partial charge in [0.05, 0.1) is 0 Å². The van der Waals surface area contributed by atoms with Gasteiger partial charge in [-0.3, -0.25) is 4.57 Å². The Morgan fingerprint density at radius 2 is 2.28 bits per heavy atom. The summed E-state index contributed by atoms with van der Waals surface area (Å²) in [7, 11) is 1.52. The molecular weight excluding hydrogens is 309 g/mol. The summed E-state index contributed by atoms with van der Waals surface area (Å²) in [6.45, 7) is 0. The third-order valence-electron chi connectivity index (χ3n) is 2.14. The highest BCUT2D eigenvalue weighted by atomic mass is 79.9. The Bertz CT molecular complexity index is 614. The zero-order valence-electron chi connectivity index (χ0n) is 9.13. The first-order valence-corrected chi connectivity index (χ1v) is 5.57. The lowest BCUT2D eigenvalue weighted by atomic mass is 10.3. The Hall–Kier alpha value is -1.96. The standard InChI is InChI=1S/C10H7BrFN3O3/c1-14-5-13-9(15(16)17)10(14)18-8-3-2-6(11)4-7(8)12/h2-5H,1H3. The summed E-state index contributed by atoms with van der Waals surface area (Å²) in [5, 5.41) is 10.7. The minimum Gasteiger partial charge on any atom is -0.431 e. The fraction of sp³-hybridized carbons (Fsp3) is 0.100. The molecule has 6 nitrogen and oxygen atoms in total. The molecule has 2 rings (SSSR count). The van der Waals surface area contributed by atoms with E-state index in [1.807, 2.05) is 0 Å². The molecular formula is C10H7BrFN3O3. The van der Waals surface area contributed by atoms with Gasteiger partial charge in [-0.15, -0.1) is 0 Å². The van der Waals surface area contributed by atoms with Crippen molar-refractivity contribution < 1.29 is 14.1 Å². The predicted octanol–water partition coefficient (Wildman–Crippen LogP) is 3.02. The van der Waals surface area contributed by atoms with E-state index in [0.29, 0.717) is 4.47 Å². The first-order valence-electron chi connectivity index (χ1n) is 4.77. The molecule has 0 bridgehead atoms. The Morgan fingerprint density at radius 3 is 2.89 bits per heavy atom. The lowest BCUT2D eigenvalue weighted by molar-refractivity contribution is -0.390. The molecule has 1 aromatic heterocycles. The maximum Gasteiger partial charge on any atom is 0.427 e. The molecule has 1 heterocycles. The highest BCUT2D eigenvalue weighted by molar-refractivity contribution is 9.10. The SMILES string of the molecule is Cn1cnc([N+](=O)[O-])c1Oc1ccc(Br)cc1F. The third-order valence-corrected chi connectivity index (χ3v) is 2.63. The zero-order valence-corrected chi connectivity index (χ0v) is 10.7.